The Morgan fingerprint density at radius 3 is 1.52 bits per heavy atom. The van der Waals surface area contributed by atoms with E-state index < -0.39 is 0 Å². The van der Waals surface area contributed by atoms with Gasteiger partial charge in [0.2, 0.25) is 0 Å². The van der Waals surface area contributed by atoms with E-state index in [0.717, 1.165) is 22.6 Å². The Hall–Kier alpha value is -8.72. The largest absolute Gasteiger partial charge is 0.310 e. The molecule has 2 heteroatoms. The lowest BCUT2D eigenvalue weighted by Crippen LogP contribution is -2.10. The van der Waals surface area contributed by atoms with Crippen molar-refractivity contribution in [1.29, 1.82) is 0 Å². The van der Waals surface area contributed by atoms with Gasteiger partial charge in [-0.25, -0.2) is 0 Å². The number of fused-ring (bicyclic) bond motifs is 8. The zero-order valence-electron chi connectivity index (χ0n) is 36.1. The van der Waals surface area contributed by atoms with Crippen molar-refractivity contribution in [2.45, 2.75) is 0 Å². The smallest absolute Gasteiger partial charge is 0.0562 e. The van der Waals surface area contributed by atoms with Gasteiger partial charge in [0.1, 0.15) is 0 Å². The molecule has 0 unspecified atom stereocenters. The number of hydrogen-bond acceptors (Lipinski definition) is 1. The van der Waals surface area contributed by atoms with Gasteiger partial charge < -0.3 is 9.47 Å². The van der Waals surface area contributed by atoms with Crippen molar-refractivity contribution in [2.75, 3.05) is 4.90 Å². The molecule has 0 amide bonds. The molecule has 12 aromatic carbocycles. The highest BCUT2D eigenvalue weighted by Gasteiger charge is 2.22. The summed E-state index contributed by atoms with van der Waals surface area (Å²) in [5, 5.41) is 12.3. The fraction of sp³-hybridized carbons (Fsp3) is 0. The minimum atomic E-state index is 1.08. The maximum Gasteiger partial charge on any atom is 0.0562 e. The predicted molar refractivity (Wildman–Crippen MR) is 282 cm³/mol. The van der Waals surface area contributed by atoms with Gasteiger partial charge in [0, 0.05) is 33.2 Å². The Bertz CT molecular complexity index is 3970. The van der Waals surface area contributed by atoms with Crippen molar-refractivity contribution in [3.63, 3.8) is 0 Å². The highest BCUT2D eigenvalue weighted by atomic mass is 15.1. The molecule has 0 aliphatic rings. The summed E-state index contributed by atoms with van der Waals surface area (Å²) in [4.78, 5) is 2.44. The van der Waals surface area contributed by atoms with E-state index in [9.17, 15) is 0 Å². The van der Waals surface area contributed by atoms with Crippen LogP contribution in [-0.4, -0.2) is 4.57 Å². The van der Waals surface area contributed by atoms with Crippen molar-refractivity contribution < 1.29 is 0 Å². The molecule has 308 valence electrons. The quantitative estimate of drug-likeness (QED) is 0.145. The second-order valence-electron chi connectivity index (χ2n) is 17.3. The zero-order valence-corrected chi connectivity index (χ0v) is 36.1. The van der Waals surface area contributed by atoms with Crippen LogP contribution in [-0.2, 0) is 0 Å². The van der Waals surface area contributed by atoms with Gasteiger partial charge in [-0.2, -0.15) is 0 Å². The Balaban J connectivity index is 1.08. The van der Waals surface area contributed by atoms with Crippen LogP contribution in [0.4, 0.5) is 17.1 Å². The molecule has 13 rings (SSSR count). The first-order chi connectivity index (χ1) is 32.7. The molecule has 0 spiro atoms. The molecule has 66 heavy (non-hydrogen) atoms. The molecule has 0 N–H and O–H groups in total. The molecule has 2 nitrogen and oxygen atoms in total. The Morgan fingerprint density at radius 1 is 0.242 bits per heavy atom. The van der Waals surface area contributed by atoms with Crippen molar-refractivity contribution in [3.8, 4) is 39.1 Å². The topological polar surface area (TPSA) is 8.17 Å². The second kappa shape index (κ2) is 15.5. The van der Waals surface area contributed by atoms with Crippen molar-refractivity contribution in [3.05, 3.63) is 255 Å². The summed E-state index contributed by atoms with van der Waals surface area (Å²) in [5.74, 6) is 0. The number of anilines is 3. The van der Waals surface area contributed by atoms with Crippen LogP contribution in [0.3, 0.4) is 0 Å². The minimum Gasteiger partial charge on any atom is -0.310 e. The van der Waals surface area contributed by atoms with Gasteiger partial charge >= 0.3 is 0 Å². The number of hydrogen-bond donors (Lipinski definition) is 0. The highest BCUT2D eigenvalue weighted by molar-refractivity contribution is 6.22. The summed E-state index contributed by atoms with van der Waals surface area (Å²) in [6.07, 6.45) is 0. The van der Waals surface area contributed by atoms with Gasteiger partial charge in [-0.1, -0.05) is 200 Å². The molecule has 0 saturated heterocycles. The average Bonchev–Trinajstić information content (AvgIpc) is 3.72. The molecule has 0 radical (unpaired) electrons. The predicted octanol–water partition coefficient (Wildman–Crippen LogP) is 17.9. The van der Waals surface area contributed by atoms with Crippen LogP contribution in [0.1, 0.15) is 0 Å². The van der Waals surface area contributed by atoms with Crippen molar-refractivity contribution in [2.24, 2.45) is 0 Å². The van der Waals surface area contributed by atoms with Crippen molar-refractivity contribution in [1.82, 2.24) is 4.57 Å². The first-order valence-electron chi connectivity index (χ1n) is 22.8. The number of nitrogens with zero attached hydrogens (tertiary/aromatic N) is 2. The van der Waals surface area contributed by atoms with Gasteiger partial charge in [0.25, 0.3) is 0 Å². The fourth-order valence-electron chi connectivity index (χ4n) is 10.5. The number of aromatic nitrogens is 1. The number of rotatable bonds is 7. The van der Waals surface area contributed by atoms with Crippen LogP contribution >= 0.6 is 0 Å². The summed E-state index contributed by atoms with van der Waals surface area (Å²) in [6.45, 7) is 0. The van der Waals surface area contributed by atoms with Crippen LogP contribution in [0.25, 0.3) is 104 Å². The molecule has 0 saturated carbocycles. The van der Waals surface area contributed by atoms with Crippen LogP contribution < -0.4 is 4.90 Å². The van der Waals surface area contributed by atoms with Crippen LogP contribution in [0.15, 0.2) is 255 Å². The molecule has 0 atom stereocenters. The molecular weight excluding hydrogens is 797 g/mol. The standard InChI is InChI=1S/C64H42N2/c1-3-18-46(19-4-1)63-58-27-12-11-25-54(58)55-38-36-51(41-59(55)64(63)47-20-5-2-6-21-47)65(50-34-32-44(33-35-50)49-31-30-43-16-7-8-22-48(43)40-49)52-37-39-57-56-26-13-14-28-61(56)66(62(57)42-52)60-29-15-23-45-17-9-10-24-53(45)60/h1-42H. The Kier molecular flexibility index (Phi) is 8.89. The third-order valence-electron chi connectivity index (χ3n) is 13.5. The maximum absolute atomic E-state index is 2.46. The molecule has 0 bridgehead atoms. The third kappa shape index (κ3) is 6.18. The van der Waals surface area contributed by atoms with E-state index in [4.69, 9.17) is 0 Å². The minimum absolute atomic E-state index is 1.08. The van der Waals surface area contributed by atoms with E-state index in [1.54, 1.807) is 0 Å². The zero-order chi connectivity index (χ0) is 43.6. The monoisotopic (exact) mass is 838 g/mol. The fourth-order valence-corrected chi connectivity index (χ4v) is 10.5. The average molecular weight is 839 g/mol. The van der Waals surface area contributed by atoms with Gasteiger partial charge in [0.15, 0.2) is 0 Å². The van der Waals surface area contributed by atoms with E-state index in [2.05, 4.69) is 264 Å². The van der Waals surface area contributed by atoms with E-state index in [0.29, 0.717) is 0 Å². The Morgan fingerprint density at radius 2 is 0.758 bits per heavy atom. The van der Waals surface area contributed by atoms with Crippen LogP contribution in [0.2, 0.25) is 0 Å². The third-order valence-corrected chi connectivity index (χ3v) is 13.5. The van der Waals surface area contributed by atoms with Gasteiger partial charge in [-0.15, -0.1) is 0 Å². The summed E-state index contributed by atoms with van der Waals surface area (Å²) in [7, 11) is 0. The summed E-state index contributed by atoms with van der Waals surface area (Å²) in [6, 6.07) is 93.5. The molecular formula is C64H42N2. The lowest BCUT2D eigenvalue weighted by molar-refractivity contribution is 1.19. The van der Waals surface area contributed by atoms with Crippen LogP contribution in [0, 0.1) is 0 Å². The molecule has 0 aliphatic heterocycles. The molecule has 0 aliphatic carbocycles. The summed E-state index contributed by atoms with van der Waals surface area (Å²) < 4.78 is 2.46. The van der Waals surface area contributed by atoms with E-state index in [1.807, 2.05) is 0 Å². The second-order valence-corrected chi connectivity index (χ2v) is 17.3. The molecule has 1 heterocycles. The maximum atomic E-state index is 2.46. The molecule has 0 fully saturated rings. The van der Waals surface area contributed by atoms with Gasteiger partial charge in [-0.05, 0) is 126 Å². The summed E-state index contributed by atoms with van der Waals surface area (Å²) >= 11 is 0. The number of para-hydroxylation sites is 1. The first-order valence-corrected chi connectivity index (χ1v) is 22.8. The highest BCUT2D eigenvalue weighted by Crippen LogP contribution is 2.48. The van der Waals surface area contributed by atoms with Gasteiger partial charge in [-0.3, -0.25) is 0 Å². The van der Waals surface area contributed by atoms with Gasteiger partial charge in [0.05, 0.1) is 16.7 Å². The van der Waals surface area contributed by atoms with E-state index >= 15 is 0 Å². The lowest BCUT2D eigenvalue weighted by Gasteiger charge is -2.27. The first kappa shape index (κ1) is 37.8. The van der Waals surface area contributed by atoms with E-state index in [-0.39, 0.29) is 0 Å². The van der Waals surface area contributed by atoms with Crippen molar-refractivity contribution >= 4 is 82.0 Å². The summed E-state index contributed by atoms with van der Waals surface area (Å²) in [5.41, 5.74) is 14.0. The Labute approximate surface area is 383 Å². The SMILES string of the molecule is c1ccc(-c2c(-c3ccccc3)c3cc(N(c4ccc(-c5ccc6ccccc6c5)cc4)c4ccc5c6ccccc6n(-c6cccc7ccccc67)c5c4)ccc3c3ccccc23)cc1. The van der Waals surface area contributed by atoms with E-state index in [1.165, 1.54) is 98.4 Å². The molecule has 1 aromatic heterocycles. The molecule has 13 aromatic rings. The number of benzene rings is 12. The van der Waals surface area contributed by atoms with Crippen LogP contribution in [0.5, 0.6) is 0 Å². The normalized spacial score (nSPS) is 11.6. The lowest BCUT2D eigenvalue weighted by atomic mass is 9.85.